The van der Waals surface area contributed by atoms with E-state index in [0.29, 0.717) is 0 Å². The van der Waals surface area contributed by atoms with Gasteiger partial charge in [-0.2, -0.15) is 0 Å². The Morgan fingerprint density at radius 1 is 1.31 bits per heavy atom. The summed E-state index contributed by atoms with van der Waals surface area (Å²) in [5.41, 5.74) is 0.156. The van der Waals surface area contributed by atoms with Crippen LogP contribution in [-0.4, -0.2) is 22.8 Å². The van der Waals surface area contributed by atoms with Crippen molar-refractivity contribution in [2.75, 3.05) is 6.54 Å². The lowest BCUT2D eigenvalue weighted by molar-refractivity contribution is -0.00308. The van der Waals surface area contributed by atoms with Crippen LogP contribution in [0.3, 0.4) is 0 Å². The molecule has 0 amide bonds. The van der Waals surface area contributed by atoms with Gasteiger partial charge in [-0.15, -0.1) is 0 Å². The summed E-state index contributed by atoms with van der Waals surface area (Å²) in [6.45, 7) is 14.4. The maximum atomic E-state index is 9.84. The lowest BCUT2D eigenvalue weighted by Crippen LogP contribution is -2.56. The molecule has 0 saturated carbocycles. The molecule has 0 aliphatic rings. The Bertz CT molecular complexity index is 177. The second-order valence-electron chi connectivity index (χ2n) is 4.64. The summed E-state index contributed by atoms with van der Waals surface area (Å²) in [5.74, 6) is 0. The Balaban J connectivity index is 4.12. The van der Waals surface area contributed by atoms with Crippen molar-refractivity contribution in [2.24, 2.45) is 0 Å². The average molecular weight is 185 g/mol. The second kappa shape index (κ2) is 4.25. The SMILES string of the molecule is C=C(CC)CNC(C)(C)C(C)(C)O. The summed E-state index contributed by atoms with van der Waals surface area (Å²) in [4.78, 5) is 0. The van der Waals surface area contributed by atoms with Gasteiger partial charge in [-0.05, 0) is 34.1 Å². The molecule has 0 aromatic carbocycles. The molecule has 0 aromatic heterocycles. The fourth-order valence-electron chi connectivity index (χ4n) is 0.687. The van der Waals surface area contributed by atoms with Crippen LogP contribution < -0.4 is 5.32 Å². The standard InChI is InChI=1S/C11H23NO/c1-7-9(2)8-12-10(3,4)11(5,6)13/h12-13H,2,7-8H2,1,3-6H3. The van der Waals surface area contributed by atoms with Crippen LogP contribution in [0.2, 0.25) is 0 Å². The highest BCUT2D eigenvalue weighted by atomic mass is 16.3. The molecule has 2 N–H and O–H groups in total. The zero-order valence-corrected chi connectivity index (χ0v) is 9.57. The molecule has 0 bridgehead atoms. The number of aliphatic hydroxyl groups is 1. The van der Waals surface area contributed by atoms with E-state index in [-0.39, 0.29) is 5.54 Å². The zero-order chi connectivity index (χ0) is 10.7. The number of rotatable bonds is 5. The van der Waals surface area contributed by atoms with E-state index in [1.54, 1.807) is 0 Å². The molecule has 0 atom stereocenters. The van der Waals surface area contributed by atoms with E-state index in [1.165, 1.54) is 0 Å². The van der Waals surface area contributed by atoms with E-state index < -0.39 is 5.60 Å². The molecule has 0 saturated heterocycles. The molecule has 0 spiro atoms. The van der Waals surface area contributed by atoms with Crippen LogP contribution in [0, 0.1) is 0 Å². The van der Waals surface area contributed by atoms with Gasteiger partial charge >= 0.3 is 0 Å². The van der Waals surface area contributed by atoms with Crippen LogP contribution in [0.4, 0.5) is 0 Å². The maximum Gasteiger partial charge on any atom is 0.0767 e. The first-order valence-electron chi connectivity index (χ1n) is 4.84. The highest BCUT2D eigenvalue weighted by Gasteiger charge is 2.34. The van der Waals surface area contributed by atoms with Crippen LogP contribution in [0.1, 0.15) is 41.0 Å². The van der Waals surface area contributed by atoms with Crippen LogP contribution >= 0.6 is 0 Å². The van der Waals surface area contributed by atoms with Crippen molar-refractivity contribution in [1.29, 1.82) is 0 Å². The third-order valence-electron chi connectivity index (χ3n) is 2.81. The van der Waals surface area contributed by atoms with Gasteiger partial charge in [-0.1, -0.05) is 19.1 Å². The van der Waals surface area contributed by atoms with Gasteiger partial charge < -0.3 is 10.4 Å². The molecule has 0 radical (unpaired) electrons. The van der Waals surface area contributed by atoms with Crippen molar-refractivity contribution in [3.8, 4) is 0 Å². The quantitative estimate of drug-likeness (QED) is 0.643. The van der Waals surface area contributed by atoms with Crippen LogP contribution in [0.15, 0.2) is 12.2 Å². The summed E-state index contributed by atoms with van der Waals surface area (Å²) in [5, 5.41) is 13.1. The first kappa shape index (κ1) is 12.7. The highest BCUT2D eigenvalue weighted by molar-refractivity contribution is 5.01. The number of nitrogens with one attached hydrogen (secondary N) is 1. The van der Waals surface area contributed by atoms with Gasteiger partial charge in [0.2, 0.25) is 0 Å². The smallest absolute Gasteiger partial charge is 0.0767 e. The third kappa shape index (κ3) is 3.92. The molecule has 2 heteroatoms. The monoisotopic (exact) mass is 185 g/mol. The van der Waals surface area contributed by atoms with Crippen LogP contribution in [0.5, 0.6) is 0 Å². The Hall–Kier alpha value is -0.340. The van der Waals surface area contributed by atoms with Crippen molar-refractivity contribution in [3.05, 3.63) is 12.2 Å². The zero-order valence-electron chi connectivity index (χ0n) is 9.57. The van der Waals surface area contributed by atoms with E-state index >= 15 is 0 Å². The minimum absolute atomic E-state index is 0.287. The molecule has 0 rings (SSSR count). The predicted octanol–water partition coefficient (Wildman–Crippen LogP) is 2.09. The third-order valence-corrected chi connectivity index (χ3v) is 2.81. The second-order valence-corrected chi connectivity index (χ2v) is 4.64. The summed E-state index contributed by atoms with van der Waals surface area (Å²) in [6, 6.07) is 0. The lowest BCUT2D eigenvalue weighted by Gasteiger charge is -2.38. The Labute approximate surface area is 82.0 Å². The molecule has 13 heavy (non-hydrogen) atoms. The Kier molecular flexibility index (Phi) is 4.14. The first-order chi connectivity index (χ1) is 5.70. The lowest BCUT2D eigenvalue weighted by atomic mass is 9.86. The van der Waals surface area contributed by atoms with Gasteiger partial charge in [0.25, 0.3) is 0 Å². The van der Waals surface area contributed by atoms with E-state index in [1.807, 2.05) is 27.7 Å². The van der Waals surface area contributed by atoms with Crippen LogP contribution in [-0.2, 0) is 0 Å². The summed E-state index contributed by atoms with van der Waals surface area (Å²) in [6.07, 6.45) is 0.981. The molecule has 0 fully saturated rings. The van der Waals surface area contributed by atoms with Crippen molar-refractivity contribution in [2.45, 2.75) is 52.2 Å². The number of hydrogen-bond donors (Lipinski definition) is 2. The van der Waals surface area contributed by atoms with E-state index in [9.17, 15) is 5.11 Å². The summed E-state index contributed by atoms with van der Waals surface area (Å²) in [7, 11) is 0. The van der Waals surface area contributed by atoms with Crippen molar-refractivity contribution in [1.82, 2.24) is 5.32 Å². The minimum Gasteiger partial charge on any atom is -0.389 e. The van der Waals surface area contributed by atoms with Gasteiger partial charge in [-0.3, -0.25) is 0 Å². The average Bonchev–Trinajstić information content (AvgIpc) is 1.98. The summed E-state index contributed by atoms with van der Waals surface area (Å²) >= 11 is 0. The van der Waals surface area contributed by atoms with Gasteiger partial charge in [0.15, 0.2) is 0 Å². The van der Waals surface area contributed by atoms with Gasteiger partial charge in [0.05, 0.1) is 5.60 Å². The fourth-order valence-corrected chi connectivity index (χ4v) is 0.687. The molecule has 0 aromatic rings. The normalized spacial score (nSPS) is 13.1. The van der Waals surface area contributed by atoms with E-state index in [4.69, 9.17) is 0 Å². The summed E-state index contributed by atoms with van der Waals surface area (Å²) < 4.78 is 0. The van der Waals surface area contributed by atoms with Crippen molar-refractivity contribution < 1.29 is 5.11 Å². The molecular weight excluding hydrogens is 162 g/mol. The molecule has 2 nitrogen and oxygen atoms in total. The Morgan fingerprint density at radius 3 is 2.08 bits per heavy atom. The van der Waals surface area contributed by atoms with Crippen LogP contribution in [0.25, 0.3) is 0 Å². The molecule has 0 aliphatic carbocycles. The van der Waals surface area contributed by atoms with Crippen molar-refractivity contribution in [3.63, 3.8) is 0 Å². The van der Waals surface area contributed by atoms with Gasteiger partial charge in [0, 0.05) is 12.1 Å². The largest absolute Gasteiger partial charge is 0.389 e. The van der Waals surface area contributed by atoms with Gasteiger partial charge in [-0.25, -0.2) is 0 Å². The molecule has 0 unspecified atom stereocenters. The minimum atomic E-state index is -0.721. The molecule has 78 valence electrons. The van der Waals surface area contributed by atoms with E-state index in [2.05, 4.69) is 18.8 Å². The predicted molar refractivity (Wildman–Crippen MR) is 57.8 cm³/mol. The first-order valence-corrected chi connectivity index (χ1v) is 4.84. The molecule has 0 aliphatic heterocycles. The highest BCUT2D eigenvalue weighted by Crippen LogP contribution is 2.20. The topological polar surface area (TPSA) is 32.3 Å². The molecule has 0 heterocycles. The fraction of sp³-hybridized carbons (Fsp3) is 0.818. The van der Waals surface area contributed by atoms with Crippen molar-refractivity contribution >= 4 is 0 Å². The Morgan fingerprint density at radius 2 is 1.77 bits per heavy atom. The van der Waals surface area contributed by atoms with E-state index in [0.717, 1.165) is 18.5 Å². The van der Waals surface area contributed by atoms with Gasteiger partial charge in [0.1, 0.15) is 0 Å². The maximum absolute atomic E-state index is 9.84. The number of hydrogen-bond acceptors (Lipinski definition) is 2. The molecular formula is C11H23NO.